The summed E-state index contributed by atoms with van der Waals surface area (Å²) in [6.07, 6.45) is 5.26. The van der Waals surface area contributed by atoms with Crippen LogP contribution in [0.3, 0.4) is 0 Å². The normalized spacial score (nSPS) is 17.0. The number of rotatable bonds is 7. The van der Waals surface area contributed by atoms with Crippen LogP contribution >= 0.6 is 35.3 Å². The number of hydrogen-bond donors (Lipinski definition) is 1. The molecule has 1 unspecified atom stereocenters. The van der Waals surface area contributed by atoms with E-state index in [2.05, 4.69) is 32.4 Å². The SMILES string of the molecule is Cc1nnc(CN=C(NCC2CCCO2)N(C)CCc2nccs2)n1C.I. The average molecular weight is 505 g/mol. The summed E-state index contributed by atoms with van der Waals surface area (Å²) < 4.78 is 7.69. The van der Waals surface area contributed by atoms with Crippen molar-refractivity contribution in [3.05, 3.63) is 28.2 Å². The van der Waals surface area contributed by atoms with Crippen molar-refractivity contribution in [2.24, 2.45) is 12.0 Å². The van der Waals surface area contributed by atoms with Gasteiger partial charge in [-0.3, -0.25) is 0 Å². The van der Waals surface area contributed by atoms with Gasteiger partial charge in [0, 0.05) is 51.8 Å². The molecule has 0 aliphatic carbocycles. The highest BCUT2D eigenvalue weighted by atomic mass is 127. The van der Waals surface area contributed by atoms with Gasteiger partial charge in [-0.15, -0.1) is 45.5 Å². The molecule has 2 aromatic rings. The highest BCUT2D eigenvalue weighted by Crippen LogP contribution is 2.11. The molecule has 3 rings (SSSR count). The van der Waals surface area contributed by atoms with Crippen LogP contribution in [0.5, 0.6) is 0 Å². The van der Waals surface area contributed by atoms with Crippen molar-refractivity contribution in [2.75, 3.05) is 26.7 Å². The zero-order valence-corrected chi connectivity index (χ0v) is 19.2. The number of guanidine groups is 1. The van der Waals surface area contributed by atoms with Crippen molar-refractivity contribution in [3.63, 3.8) is 0 Å². The lowest BCUT2D eigenvalue weighted by atomic mass is 10.2. The Morgan fingerprint density at radius 3 is 2.96 bits per heavy atom. The number of thiazole rings is 1. The highest BCUT2D eigenvalue weighted by Gasteiger charge is 2.17. The monoisotopic (exact) mass is 505 g/mol. The molecule has 0 radical (unpaired) electrons. The summed E-state index contributed by atoms with van der Waals surface area (Å²) in [6, 6.07) is 0. The Morgan fingerprint density at radius 2 is 2.33 bits per heavy atom. The third-order valence-electron chi connectivity index (χ3n) is 4.57. The first-order valence-corrected chi connectivity index (χ1v) is 9.85. The largest absolute Gasteiger partial charge is 0.376 e. The second-order valence-electron chi connectivity index (χ2n) is 6.48. The molecule has 1 aliphatic heterocycles. The van der Waals surface area contributed by atoms with Crippen molar-refractivity contribution in [3.8, 4) is 0 Å². The van der Waals surface area contributed by atoms with E-state index in [1.807, 2.05) is 30.1 Å². The van der Waals surface area contributed by atoms with Gasteiger partial charge in [0.1, 0.15) is 12.4 Å². The molecule has 27 heavy (non-hydrogen) atoms. The first kappa shape index (κ1) is 22.0. The molecule has 2 aromatic heterocycles. The van der Waals surface area contributed by atoms with E-state index in [0.717, 1.165) is 61.6 Å². The van der Waals surface area contributed by atoms with E-state index in [9.17, 15) is 0 Å². The van der Waals surface area contributed by atoms with Gasteiger partial charge in [-0.25, -0.2) is 9.98 Å². The number of aliphatic imine (C=N–C) groups is 1. The van der Waals surface area contributed by atoms with Gasteiger partial charge in [-0.2, -0.15) is 0 Å². The molecule has 3 heterocycles. The molecule has 1 atom stereocenters. The molecule has 1 N–H and O–H groups in total. The van der Waals surface area contributed by atoms with Crippen LogP contribution in [0.15, 0.2) is 16.6 Å². The maximum absolute atomic E-state index is 5.72. The van der Waals surface area contributed by atoms with Gasteiger partial charge in [0.2, 0.25) is 0 Å². The van der Waals surface area contributed by atoms with Crippen LogP contribution in [-0.2, 0) is 24.8 Å². The van der Waals surface area contributed by atoms with Crippen molar-refractivity contribution in [1.82, 2.24) is 30.0 Å². The summed E-state index contributed by atoms with van der Waals surface area (Å²) in [4.78, 5) is 11.3. The highest BCUT2D eigenvalue weighted by molar-refractivity contribution is 14.0. The van der Waals surface area contributed by atoms with Crippen molar-refractivity contribution in [2.45, 2.75) is 38.8 Å². The van der Waals surface area contributed by atoms with Gasteiger partial charge in [-0.1, -0.05) is 0 Å². The van der Waals surface area contributed by atoms with Crippen LogP contribution in [0.2, 0.25) is 0 Å². The van der Waals surface area contributed by atoms with Gasteiger partial charge < -0.3 is 19.5 Å². The Hall–Kier alpha value is -1.27. The number of halogens is 1. The Morgan fingerprint density at radius 1 is 1.48 bits per heavy atom. The summed E-state index contributed by atoms with van der Waals surface area (Å²) in [5, 5.41) is 14.9. The van der Waals surface area contributed by atoms with Crippen LogP contribution < -0.4 is 5.32 Å². The zero-order chi connectivity index (χ0) is 18.4. The molecule has 0 aromatic carbocycles. The molecular formula is C17H28IN7OS. The Bertz CT molecular complexity index is 713. The Kier molecular flexibility index (Phi) is 8.90. The van der Waals surface area contributed by atoms with E-state index in [-0.39, 0.29) is 30.1 Å². The minimum absolute atomic E-state index is 0. The minimum atomic E-state index is 0. The predicted molar refractivity (Wildman–Crippen MR) is 118 cm³/mol. The van der Waals surface area contributed by atoms with E-state index in [1.165, 1.54) is 0 Å². The van der Waals surface area contributed by atoms with Crippen LogP contribution in [0, 0.1) is 6.92 Å². The fourth-order valence-electron chi connectivity index (χ4n) is 2.80. The molecule has 1 aliphatic rings. The number of aryl methyl sites for hydroxylation is 1. The van der Waals surface area contributed by atoms with Crippen LogP contribution in [-0.4, -0.2) is 63.5 Å². The van der Waals surface area contributed by atoms with Gasteiger partial charge in [0.15, 0.2) is 11.8 Å². The number of aromatic nitrogens is 4. The number of nitrogens with one attached hydrogen (secondary N) is 1. The van der Waals surface area contributed by atoms with Gasteiger partial charge in [0.25, 0.3) is 0 Å². The number of likely N-dealkylation sites (N-methyl/N-ethyl adjacent to an activating group) is 1. The summed E-state index contributed by atoms with van der Waals surface area (Å²) >= 11 is 1.69. The Balaban J connectivity index is 0.00000261. The van der Waals surface area contributed by atoms with Crippen LogP contribution in [0.1, 0.15) is 29.5 Å². The number of nitrogens with zero attached hydrogens (tertiary/aromatic N) is 6. The first-order chi connectivity index (χ1) is 12.6. The fraction of sp³-hybridized carbons (Fsp3) is 0.647. The van der Waals surface area contributed by atoms with E-state index in [4.69, 9.17) is 9.73 Å². The summed E-state index contributed by atoms with van der Waals surface area (Å²) in [6.45, 7) is 4.92. The molecule has 150 valence electrons. The lowest BCUT2D eigenvalue weighted by molar-refractivity contribution is 0.113. The standard InChI is InChI=1S/C17H27N7OS.HI/c1-13-21-22-15(24(13)3)12-20-17(19-11-14-5-4-9-25-14)23(2)8-6-16-18-7-10-26-16;/h7,10,14H,4-6,8-9,11-12H2,1-3H3,(H,19,20);1H. The lowest BCUT2D eigenvalue weighted by Gasteiger charge is -2.23. The molecule has 1 fully saturated rings. The van der Waals surface area contributed by atoms with Gasteiger partial charge in [-0.05, 0) is 19.8 Å². The lowest BCUT2D eigenvalue weighted by Crippen LogP contribution is -2.43. The molecular weight excluding hydrogens is 477 g/mol. The third kappa shape index (κ3) is 6.39. The molecule has 10 heteroatoms. The van der Waals surface area contributed by atoms with Crippen molar-refractivity contribution in [1.29, 1.82) is 0 Å². The maximum atomic E-state index is 5.72. The van der Waals surface area contributed by atoms with Crippen molar-refractivity contribution >= 4 is 41.3 Å². The quantitative estimate of drug-likeness (QED) is 0.352. The smallest absolute Gasteiger partial charge is 0.194 e. The zero-order valence-electron chi connectivity index (χ0n) is 16.1. The molecule has 0 bridgehead atoms. The van der Waals surface area contributed by atoms with Crippen LogP contribution in [0.4, 0.5) is 0 Å². The van der Waals surface area contributed by atoms with E-state index in [1.54, 1.807) is 11.3 Å². The molecule has 1 saturated heterocycles. The first-order valence-electron chi connectivity index (χ1n) is 8.98. The summed E-state index contributed by atoms with van der Waals surface area (Å²) in [7, 11) is 4.02. The number of hydrogen-bond acceptors (Lipinski definition) is 6. The number of ether oxygens (including phenoxy) is 1. The molecule has 0 spiro atoms. The second-order valence-corrected chi connectivity index (χ2v) is 7.45. The fourth-order valence-corrected chi connectivity index (χ4v) is 3.41. The molecule has 8 nitrogen and oxygen atoms in total. The minimum Gasteiger partial charge on any atom is -0.376 e. The van der Waals surface area contributed by atoms with Gasteiger partial charge >= 0.3 is 0 Å². The summed E-state index contributed by atoms with van der Waals surface area (Å²) in [5.41, 5.74) is 0. The van der Waals surface area contributed by atoms with E-state index < -0.39 is 0 Å². The third-order valence-corrected chi connectivity index (χ3v) is 5.41. The average Bonchev–Trinajstić information content (AvgIpc) is 3.39. The van der Waals surface area contributed by atoms with E-state index >= 15 is 0 Å². The Labute approximate surface area is 181 Å². The molecule has 0 amide bonds. The maximum Gasteiger partial charge on any atom is 0.194 e. The predicted octanol–water partition coefficient (Wildman–Crippen LogP) is 2.00. The van der Waals surface area contributed by atoms with E-state index in [0.29, 0.717) is 6.54 Å². The topological polar surface area (TPSA) is 80.5 Å². The summed E-state index contributed by atoms with van der Waals surface area (Å²) in [5.74, 6) is 2.60. The molecule has 0 saturated carbocycles. The van der Waals surface area contributed by atoms with Crippen LogP contribution in [0.25, 0.3) is 0 Å². The second kappa shape index (κ2) is 10.9. The van der Waals surface area contributed by atoms with Gasteiger partial charge in [0.05, 0.1) is 11.1 Å². The van der Waals surface area contributed by atoms with Crippen molar-refractivity contribution < 1.29 is 4.74 Å².